The molecule has 9 nitrogen and oxygen atoms in total. The molecule has 0 saturated heterocycles. The standard InChI is InChI=1S/2C41H26F5N3.C39H22F5N3/c1-20-6-10-30-24(14-20)25-15-21(2)7-11-31(25)48(30)34-18-28(36-37(42)39(44)41(46)40(45)38(36)43)29(47-5)19-35(34)49-32-12-8-22(3)16-26(32)27-17-23(4)9-13-33(27)49;1-20-6-10-24-25-11-7-21(2)15-31(25)48(30(24)14-20)34-18-28(36-37(42)39(44)41(46)40(45)38(36)43)29(47-5)19-35(34)49-32-16-22(3)8-12-26(32)27-13-9-23(4)17-33(27)49;1-20-12-14-30-24(16-20)22-8-4-6-10-28(22)46(30)32-18-26(34-35(40)37(42)39(44)38(43)36(34)41)27(45-3)19-33(32)47-29-11-7-5-9-23(29)25-17-21(2)13-15-31(25)47/h2*6-19H,1-4H3;4-19H,1-2H3. The number of hydrogen-bond donors (Lipinski definition) is 0. The summed E-state index contributed by atoms with van der Waals surface area (Å²) in [6, 6.07) is 84.0. The SMILES string of the molecule is [C-]#[N+]c1cc(-n2c3cc(C)ccc3c3ccc(C)cc32)c(-n2c3cc(C)ccc3c3ccc(C)cc32)cc1-c1c(F)c(F)c(F)c(F)c1F.[C-]#[N+]c1cc(-n2c3ccc(C)cc3c3cc(C)ccc32)c(-n2c3ccc(C)cc3c3cc(C)ccc32)cc1-c1c(F)c(F)c(F)c(F)c1F.[C-]#[N+]c1cc(-n2c3ccccc3c3cc(C)ccc32)c(-n2c3ccccc3c3cc(C)ccc32)cc1-c1c(F)c(F)c(F)c(F)c1F. The fourth-order valence-corrected chi connectivity index (χ4v) is 20.9. The molecule has 0 atom stereocenters. The first-order valence-corrected chi connectivity index (χ1v) is 46.0. The molecule has 0 bridgehead atoms. The van der Waals surface area contributed by atoms with Gasteiger partial charge in [0.2, 0.25) is 17.5 Å². The van der Waals surface area contributed by atoms with Gasteiger partial charge in [0.1, 0.15) is 0 Å². The Morgan fingerprint density at radius 2 is 0.317 bits per heavy atom. The molecule has 24 rings (SSSR count). The molecule has 6 heterocycles. The monoisotopic (exact) mass is 1940 g/mol. The summed E-state index contributed by atoms with van der Waals surface area (Å²) in [5, 5.41) is 11.2. The van der Waals surface area contributed by atoms with Gasteiger partial charge in [-0.05, 0) is 254 Å². The largest absolute Gasteiger partial charge is 0.308 e. The van der Waals surface area contributed by atoms with Crippen LogP contribution in [0.3, 0.4) is 0 Å². The average Bonchev–Trinajstić information content (AvgIpc) is 1.53. The van der Waals surface area contributed by atoms with E-state index in [0.717, 1.165) is 186 Å². The predicted molar refractivity (Wildman–Crippen MR) is 547 cm³/mol. The zero-order valence-corrected chi connectivity index (χ0v) is 78.6. The molecule has 24 heteroatoms. The molecule has 0 saturated carbocycles. The Morgan fingerprint density at radius 1 is 0.159 bits per heavy atom. The molecular weight excluding hydrogens is 1860 g/mol. The van der Waals surface area contributed by atoms with E-state index >= 15 is 26.3 Å². The van der Waals surface area contributed by atoms with Crippen LogP contribution in [-0.2, 0) is 0 Å². The highest BCUT2D eigenvalue weighted by Crippen LogP contribution is 2.52. The Bertz CT molecular complexity index is 9710. The third-order valence-electron chi connectivity index (χ3n) is 27.5. The van der Waals surface area contributed by atoms with Crippen LogP contribution in [0.1, 0.15) is 55.6 Å². The van der Waals surface area contributed by atoms with Crippen LogP contribution in [0.25, 0.3) is 213 Å². The molecule has 0 radical (unpaired) electrons. The van der Waals surface area contributed by atoms with Crippen molar-refractivity contribution in [2.75, 3.05) is 0 Å². The predicted octanol–water partition coefficient (Wildman–Crippen LogP) is 35.5. The smallest absolute Gasteiger partial charge is 0.200 e. The van der Waals surface area contributed by atoms with Gasteiger partial charge in [-0.2, -0.15) is 0 Å². The fourth-order valence-electron chi connectivity index (χ4n) is 20.9. The van der Waals surface area contributed by atoms with Crippen LogP contribution in [0.4, 0.5) is 82.9 Å². The Kier molecular flexibility index (Phi) is 22.0. The van der Waals surface area contributed by atoms with Crippen LogP contribution >= 0.6 is 0 Å². The van der Waals surface area contributed by atoms with E-state index in [4.69, 9.17) is 19.7 Å². The molecule has 24 aromatic rings. The van der Waals surface area contributed by atoms with Crippen molar-refractivity contribution in [1.82, 2.24) is 27.4 Å². The van der Waals surface area contributed by atoms with Crippen LogP contribution in [0.15, 0.2) is 267 Å². The number of aromatic nitrogens is 6. The number of aryl methyl sites for hydroxylation is 10. The molecule has 0 fully saturated rings. The van der Waals surface area contributed by atoms with Crippen molar-refractivity contribution in [3.63, 3.8) is 0 Å². The lowest BCUT2D eigenvalue weighted by Crippen LogP contribution is -2.07. The van der Waals surface area contributed by atoms with E-state index in [9.17, 15) is 39.5 Å². The van der Waals surface area contributed by atoms with Gasteiger partial charge >= 0.3 is 0 Å². The molecule has 0 unspecified atom stereocenters. The summed E-state index contributed by atoms with van der Waals surface area (Å²) in [5.41, 5.74) is 16.7. The highest BCUT2D eigenvalue weighted by atomic mass is 19.2. The highest BCUT2D eigenvalue weighted by molar-refractivity contribution is 6.17. The molecular formula is C121H74F15N9. The van der Waals surface area contributed by atoms with E-state index in [1.807, 2.05) is 297 Å². The first kappa shape index (κ1) is 92.2. The van der Waals surface area contributed by atoms with Gasteiger partial charge in [0, 0.05) is 81.3 Å². The van der Waals surface area contributed by atoms with Gasteiger partial charge in [0.25, 0.3) is 0 Å². The molecule has 0 spiro atoms. The van der Waals surface area contributed by atoms with Gasteiger partial charge in [-0.1, -0.05) is 155 Å². The lowest BCUT2D eigenvalue weighted by Gasteiger charge is -2.20. The van der Waals surface area contributed by atoms with Crippen LogP contribution in [0.2, 0.25) is 0 Å². The molecule has 0 N–H and O–H groups in total. The van der Waals surface area contributed by atoms with Gasteiger partial charge in [0.15, 0.2) is 86.9 Å². The van der Waals surface area contributed by atoms with Gasteiger partial charge in [-0.25, -0.2) is 80.4 Å². The van der Waals surface area contributed by atoms with Crippen molar-refractivity contribution >= 4 is 148 Å². The first-order valence-electron chi connectivity index (χ1n) is 46.0. The molecule has 708 valence electrons. The zero-order chi connectivity index (χ0) is 102. The number of nitrogens with zero attached hydrogens (tertiary/aromatic N) is 9. The highest BCUT2D eigenvalue weighted by Gasteiger charge is 2.36. The summed E-state index contributed by atoms with van der Waals surface area (Å²) in [7, 11) is 0. The van der Waals surface area contributed by atoms with Crippen LogP contribution in [0.5, 0.6) is 0 Å². The van der Waals surface area contributed by atoms with Gasteiger partial charge < -0.3 is 27.4 Å². The van der Waals surface area contributed by atoms with Crippen molar-refractivity contribution in [1.29, 1.82) is 0 Å². The number of rotatable bonds is 9. The number of halogens is 15. The molecule has 18 aromatic carbocycles. The zero-order valence-electron chi connectivity index (χ0n) is 78.6. The average molecular weight is 1940 g/mol. The van der Waals surface area contributed by atoms with Crippen molar-refractivity contribution < 1.29 is 65.9 Å². The van der Waals surface area contributed by atoms with Crippen LogP contribution < -0.4 is 0 Å². The van der Waals surface area contributed by atoms with Crippen LogP contribution in [0, 0.1) is 176 Å². The molecule has 0 aliphatic heterocycles. The third-order valence-corrected chi connectivity index (χ3v) is 27.5. The fraction of sp³-hybridized carbons (Fsp3) is 0.0826. The maximum atomic E-state index is 15.5. The summed E-state index contributed by atoms with van der Waals surface area (Å²) >= 11 is 0. The van der Waals surface area contributed by atoms with Crippen molar-refractivity contribution in [2.24, 2.45) is 0 Å². The van der Waals surface area contributed by atoms with Crippen molar-refractivity contribution in [3.8, 4) is 67.5 Å². The lowest BCUT2D eigenvalue weighted by atomic mass is 9.99. The van der Waals surface area contributed by atoms with E-state index in [1.54, 1.807) is 0 Å². The van der Waals surface area contributed by atoms with Gasteiger partial charge in [-0.15, -0.1) is 0 Å². The molecule has 6 aromatic heterocycles. The maximum Gasteiger partial charge on any atom is 0.200 e. The second-order valence-corrected chi connectivity index (χ2v) is 37.0. The maximum absolute atomic E-state index is 15.5. The van der Waals surface area contributed by atoms with Crippen LogP contribution in [-0.4, -0.2) is 27.4 Å². The van der Waals surface area contributed by atoms with Gasteiger partial charge in [0.05, 0.1) is 120 Å². The minimum atomic E-state index is -2.26. The van der Waals surface area contributed by atoms with Gasteiger partial charge in [-0.3, -0.25) is 0 Å². The second kappa shape index (κ2) is 34.6. The quantitative estimate of drug-likeness (QED) is 0.0598. The molecule has 145 heavy (non-hydrogen) atoms. The Balaban J connectivity index is 0.000000124. The summed E-state index contributed by atoms with van der Waals surface area (Å²) in [5.74, 6) is -31.3. The van der Waals surface area contributed by atoms with E-state index in [1.165, 1.54) is 36.4 Å². The van der Waals surface area contributed by atoms with Crippen molar-refractivity contribution in [2.45, 2.75) is 69.2 Å². The number of fused-ring (bicyclic) bond motifs is 18. The third kappa shape index (κ3) is 14.4. The molecule has 0 aliphatic carbocycles. The summed E-state index contributed by atoms with van der Waals surface area (Å²) < 4.78 is 235. The minimum Gasteiger partial charge on any atom is -0.308 e. The topological polar surface area (TPSA) is 42.7 Å². The van der Waals surface area contributed by atoms with E-state index < -0.39 is 121 Å². The summed E-state index contributed by atoms with van der Waals surface area (Å²) in [4.78, 5) is 10.8. The van der Waals surface area contributed by atoms with E-state index in [-0.39, 0.29) is 17.1 Å². The Hall–Kier alpha value is -17.8. The molecule has 0 aliphatic rings. The number of hydrogen-bond acceptors (Lipinski definition) is 0. The number of benzene rings is 18. The lowest BCUT2D eigenvalue weighted by molar-refractivity contribution is 0.381. The Labute approximate surface area is 817 Å². The normalized spacial score (nSPS) is 11.7. The molecule has 0 amide bonds. The second-order valence-electron chi connectivity index (χ2n) is 37.0. The van der Waals surface area contributed by atoms with Crippen molar-refractivity contribution in [3.05, 3.63) is 444 Å². The number of para-hydroxylation sites is 2. The first-order chi connectivity index (χ1) is 69.6. The summed E-state index contributed by atoms with van der Waals surface area (Å²) in [6.07, 6.45) is 0. The van der Waals surface area contributed by atoms with E-state index in [2.05, 4.69) is 44.9 Å². The van der Waals surface area contributed by atoms with E-state index in [0.29, 0.717) is 34.1 Å². The Morgan fingerprint density at radius 3 is 0.531 bits per heavy atom. The minimum absolute atomic E-state index is 0.273. The summed E-state index contributed by atoms with van der Waals surface area (Å²) in [6.45, 7) is 44.0.